The van der Waals surface area contributed by atoms with Gasteiger partial charge in [-0.25, -0.2) is 4.98 Å². The van der Waals surface area contributed by atoms with E-state index in [0.29, 0.717) is 4.75 Å². The van der Waals surface area contributed by atoms with Crippen LogP contribution in [0.2, 0.25) is 0 Å². The summed E-state index contributed by atoms with van der Waals surface area (Å²) < 4.78 is 1.59. The van der Waals surface area contributed by atoms with Gasteiger partial charge in [-0.3, -0.25) is 0 Å². The van der Waals surface area contributed by atoms with Gasteiger partial charge in [0, 0.05) is 11.3 Å². The van der Waals surface area contributed by atoms with Crippen LogP contribution in [0.15, 0.2) is 12.1 Å². The van der Waals surface area contributed by atoms with E-state index in [1.54, 1.807) is 11.3 Å². The fourth-order valence-electron chi connectivity index (χ4n) is 2.54. The summed E-state index contributed by atoms with van der Waals surface area (Å²) in [6.07, 6.45) is 6.16. The van der Waals surface area contributed by atoms with E-state index in [4.69, 9.17) is 5.73 Å². The first-order valence-corrected chi connectivity index (χ1v) is 8.62. The molecule has 5 heteroatoms. The number of aromatic nitrogens is 1. The predicted molar refractivity (Wildman–Crippen MR) is 87.4 cm³/mol. The molecule has 1 aliphatic carbocycles. The van der Waals surface area contributed by atoms with E-state index in [1.165, 1.54) is 24.0 Å². The molecule has 2 aromatic rings. The third-order valence-electron chi connectivity index (χ3n) is 3.97. The first-order chi connectivity index (χ1) is 9.12. The minimum atomic E-state index is 0.416. The zero-order chi connectivity index (χ0) is 13.5. The molecule has 1 saturated carbocycles. The standard InChI is InChI=1S/C14H19N3S2/c1-9-17-12-7-11(10(15)6-13(12)19-9)16-8-14(18-2)4-3-5-14/h6-7,16H,3-5,8,15H2,1-2H3. The number of nitrogens with zero attached hydrogens (tertiary/aromatic N) is 1. The van der Waals surface area contributed by atoms with Crippen LogP contribution >= 0.6 is 23.1 Å². The normalized spacial score (nSPS) is 17.4. The van der Waals surface area contributed by atoms with Gasteiger partial charge >= 0.3 is 0 Å². The van der Waals surface area contributed by atoms with Crippen molar-refractivity contribution in [2.45, 2.75) is 30.9 Å². The molecule has 0 saturated heterocycles. The second-order valence-electron chi connectivity index (χ2n) is 5.23. The van der Waals surface area contributed by atoms with Crippen LogP contribution in [0.25, 0.3) is 10.2 Å². The summed E-state index contributed by atoms with van der Waals surface area (Å²) in [6.45, 7) is 3.03. The van der Waals surface area contributed by atoms with Gasteiger partial charge in [0.25, 0.3) is 0 Å². The molecule has 0 spiro atoms. The molecular formula is C14H19N3S2. The highest BCUT2D eigenvalue weighted by Gasteiger charge is 2.35. The summed E-state index contributed by atoms with van der Waals surface area (Å²) in [5, 5.41) is 4.62. The molecule has 3 nitrogen and oxygen atoms in total. The Labute approximate surface area is 122 Å². The lowest BCUT2D eigenvalue weighted by Gasteiger charge is -2.40. The van der Waals surface area contributed by atoms with Crippen molar-refractivity contribution in [2.75, 3.05) is 23.9 Å². The maximum absolute atomic E-state index is 6.14. The van der Waals surface area contributed by atoms with Crippen molar-refractivity contribution in [1.29, 1.82) is 0 Å². The van der Waals surface area contributed by atoms with Gasteiger partial charge in [-0.1, -0.05) is 6.42 Å². The molecule has 3 rings (SSSR count). The average molecular weight is 293 g/mol. The number of anilines is 2. The minimum Gasteiger partial charge on any atom is -0.397 e. The Morgan fingerprint density at radius 3 is 2.89 bits per heavy atom. The summed E-state index contributed by atoms with van der Waals surface area (Å²) in [5.41, 5.74) is 9.03. The molecule has 1 heterocycles. The molecule has 102 valence electrons. The second-order valence-corrected chi connectivity index (χ2v) is 7.74. The topological polar surface area (TPSA) is 50.9 Å². The molecule has 0 aliphatic heterocycles. The van der Waals surface area contributed by atoms with Gasteiger partial charge in [-0.15, -0.1) is 11.3 Å². The zero-order valence-corrected chi connectivity index (χ0v) is 13.0. The fourth-order valence-corrected chi connectivity index (χ4v) is 4.31. The van der Waals surface area contributed by atoms with E-state index in [-0.39, 0.29) is 0 Å². The van der Waals surface area contributed by atoms with Gasteiger partial charge < -0.3 is 11.1 Å². The molecule has 0 radical (unpaired) electrons. The molecule has 3 N–H and O–H groups in total. The van der Waals surface area contributed by atoms with E-state index >= 15 is 0 Å². The molecule has 1 aromatic carbocycles. The van der Waals surface area contributed by atoms with Crippen LogP contribution in [0.5, 0.6) is 0 Å². The van der Waals surface area contributed by atoms with E-state index in [0.717, 1.165) is 28.4 Å². The number of hydrogen-bond acceptors (Lipinski definition) is 5. The summed E-state index contributed by atoms with van der Waals surface area (Å²) in [5.74, 6) is 0. The molecular weight excluding hydrogens is 274 g/mol. The summed E-state index contributed by atoms with van der Waals surface area (Å²) in [7, 11) is 0. The number of nitrogens with one attached hydrogen (secondary N) is 1. The van der Waals surface area contributed by atoms with Crippen LogP contribution in [0.3, 0.4) is 0 Å². The van der Waals surface area contributed by atoms with Crippen molar-refractivity contribution in [3.8, 4) is 0 Å². The number of hydrogen-bond donors (Lipinski definition) is 2. The summed E-state index contributed by atoms with van der Waals surface area (Å²) >= 11 is 3.67. The highest BCUT2D eigenvalue weighted by molar-refractivity contribution is 8.00. The highest BCUT2D eigenvalue weighted by atomic mass is 32.2. The van der Waals surface area contributed by atoms with Crippen molar-refractivity contribution in [1.82, 2.24) is 4.98 Å². The Bertz CT molecular complexity index is 596. The molecule has 0 amide bonds. The van der Waals surface area contributed by atoms with Crippen LogP contribution < -0.4 is 11.1 Å². The lowest BCUT2D eigenvalue weighted by atomic mass is 9.84. The number of thioether (sulfide) groups is 1. The summed E-state index contributed by atoms with van der Waals surface area (Å²) in [6, 6.07) is 4.12. The van der Waals surface area contributed by atoms with Gasteiger partial charge in [-0.05, 0) is 38.2 Å². The van der Waals surface area contributed by atoms with E-state index in [1.807, 2.05) is 24.8 Å². The molecule has 0 unspecified atom stereocenters. The first kappa shape index (κ1) is 13.1. The Hall–Kier alpha value is -0.940. The van der Waals surface area contributed by atoms with Crippen LogP contribution in [-0.2, 0) is 0 Å². The molecule has 1 aromatic heterocycles. The molecule has 0 atom stereocenters. The Morgan fingerprint density at radius 2 is 2.26 bits per heavy atom. The molecule has 1 aliphatic rings. The Kier molecular flexibility index (Phi) is 3.35. The van der Waals surface area contributed by atoms with Crippen LogP contribution in [0.4, 0.5) is 11.4 Å². The van der Waals surface area contributed by atoms with Crippen LogP contribution in [-0.4, -0.2) is 22.5 Å². The van der Waals surface area contributed by atoms with E-state index in [9.17, 15) is 0 Å². The highest BCUT2D eigenvalue weighted by Crippen LogP contribution is 2.43. The maximum atomic E-state index is 6.14. The largest absolute Gasteiger partial charge is 0.397 e. The third kappa shape index (κ3) is 2.41. The van der Waals surface area contributed by atoms with Gasteiger partial charge in [0.2, 0.25) is 0 Å². The van der Waals surface area contributed by atoms with Crippen molar-refractivity contribution in [3.63, 3.8) is 0 Å². The molecule has 0 bridgehead atoms. The van der Waals surface area contributed by atoms with Crippen molar-refractivity contribution >= 4 is 44.7 Å². The lowest BCUT2D eigenvalue weighted by molar-refractivity contribution is 0.380. The van der Waals surface area contributed by atoms with Gasteiger partial charge in [0.05, 0.1) is 26.6 Å². The number of nitrogen functional groups attached to an aromatic ring is 1. The Balaban J connectivity index is 1.82. The van der Waals surface area contributed by atoms with Crippen molar-refractivity contribution in [3.05, 3.63) is 17.1 Å². The van der Waals surface area contributed by atoms with Crippen LogP contribution in [0, 0.1) is 6.92 Å². The minimum absolute atomic E-state index is 0.416. The van der Waals surface area contributed by atoms with Gasteiger partial charge in [0.1, 0.15) is 0 Å². The number of nitrogens with two attached hydrogens (primary N) is 1. The van der Waals surface area contributed by atoms with Gasteiger partial charge in [-0.2, -0.15) is 11.8 Å². The SMILES string of the molecule is CSC1(CNc2cc3nc(C)sc3cc2N)CCC1. The fraction of sp³-hybridized carbons (Fsp3) is 0.500. The quantitative estimate of drug-likeness (QED) is 0.840. The third-order valence-corrected chi connectivity index (χ3v) is 6.32. The van der Waals surface area contributed by atoms with Crippen molar-refractivity contribution < 1.29 is 0 Å². The van der Waals surface area contributed by atoms with E-state index < -0.39 is 0 Å². The van der Waals surface area contributed by atoms with Crippen molar-refractivity contribution in [2.24, 2.45) is 0 Å². The Morgan fingerprint density at radius 1 is 1.47 bits per heavy atom. The zero-order valence-electron chi connectivity index (χ0n) is 11.3. The second kappa shape index (κ2) is 4.87. The summed E-state index contributed by atoms with van der Waals surface area (Å²) in [4.78, 5) is 4.53. The first-order valence-electron chi connectivity index (χ1n) is 6.58. The molecule has 1 fully saturated rings. The lowest BCUT2D eigenvalue weighted by Crippen LogP contribution is -2.40. The number of fused-ring (bicyclic) bond motifs is 1. The molecule has 19 heavy (non-hydrogen) atoms. The maximum Gasteiger partial charge on any atom is 0.0907 e. The predicted octanol–water partition coefficient (Wildman–Crippen LogP) is 3.88. The number of aryl methyl sites for hydroxylation is 1. The average Bonchev–Trinajstić information content (AvgIpc) is 2.67. The monoisotopic (exact) mass is 293 g/mol. The van der Waals surface area contributed by atoms with Crippen LogP contribution in [0.1, 0.15) is 24.3 Å². The van der Waals surface area contributed by atoms with E-state index in [2.05, 4.69) is 22.6 Å². The number of benzene rings is 1. The number of rotatable bonds is 4. The smallest absolute Gasteiger partial charge is 0.0907 e. The van der Waals surface area contributed by atoms with Gasteiger partial charge in [0.15, 0.2) is 0 Å². The number of thiazole rings is 1.